The molecule has 5 nitrogen and oxygen atoms in total. The number of para-hydroxylation sites is 1. The molecule has 0 heterocycles. The monoisotopic (exact) mass is 423 g/mol. The van der Waals surface area contributed by atoms with E-state index < -0.39 is 12.0 Å². The maximum absolute atomic E-state index is 12.7. The van der Waals surface area contributed by atoms with Gasteiger partial charge in [0, 0.05) is 0 Å². The van der Waals surface area contributed by atoms with Crippen molar-refractivity contribution in [3.05, 3.63) is 78.4 Å². The molecule has 3 aromatic carbocycles. The molecule has 3 aromatic rings. The molecule has 0 saturated carbocycles. The van der Waals surface area contributed by atoms with Crippen LogP contribution >= 0.6 is 11.8 Å². The van der Waals surface area contributed by atoms with Gasteiger partial charge in [-0.2, -0.15) is 11.8 Å². The van der Waals surface area contributed by atoms with Crippen molar-refractivity contribution in [3.63, 3.8) is 0 Å². The minimum Gasteiger partial charge on any atom is -0.484 e. The van der Waals surface area contributed by atoms with E-state index in [0.717, 1.165) is 22.1 Å². The maximum atomic E-state index is 12.7. The summed E-state index contributed by atoms with van der Waals surface area (Å²) in [6.45, 7) is 0.00270. The summed E-state index contributed by atoms with van der Waals surface area (Å²) in [5, 5.41) is 4.89. The van der Waals surface area contributed by atoms with Crippen molar-refractivity contribution in [2.45, 2.75) is 19.1 Å². The summed E-state index contributed by atoms with van der Waals surface area (Å²) in [6.07, 6.45) is 2.45. The highest BCUT2D eigenvalue weighted by molar-refractivity contribution is 7.98. The Morgan fingerprint density at radius 3 is 2.50 bits per heavy atom. The molecule has 0 spiro atoms. The molecular formula is C24H25NO4S. The average molecular weight is 424 g/mol. The number of amides is 1. The predicted molar refractivity (Wildman–Crippen MR) is 121 cm³/mol. The van der Waals surface area contributed by atoms with Gasteiger partial charge in [-0.05, 0) is 46.9 Å². The number of benzene rings is 3. The maximum Gasteiger partial charge on any atom is 0.329 e. The summed E-state index contributed by atoms with van der Waals surface area (Å²) in [4.78, 5) is 25.0. The largest absolute Gasteiger partial charge is 0.484 e. The number of fused-ring (bicyclic) bond motifs is 1. The Morgan fingerprint density at radius 2 is 1.70 bits per heavy atom. The van der Waals surface area contributed by atoms with Gasteiger partial charge >= 0.3 is 5.97 Å². The summed E-state index contributed by atoms with van der Waals surface area (Å²) < 4.78 is 11.0. The third-order valence-electron chi connectivity index (χ3n) is 4.59. The lowest BCUT2D eigenvalue weighted by Gasteiger charge is -2.18. The Morgan fingerprint density at radius 1 is 0.967 bits per heavy atom. The average Bonchev–Trinajstić information content (AvgIpc) is 2.79. The zero-order valence-corrected chi connectivity index (χ0v) is 17.7. The number of carbonyl (C=O) groups is 2. The fourth-order valence-electron chi connectivity index (χ4n) is 3.05. The summed E-state index contributed by atoms with van der Waals surface area (Å²) in [7, 11) is 0. The molecule has 1 atom stereocenters. The Balaban J connectivity index is 1.58. The van der Waals surface area contributed by atoms with E-state index in [1.807, 2.05) is 66.9 Å². The van der Waals surface area contributed by atoms with Gasteiger partial charge in [-0.15, -0.1) is 0 Å². The number of rotatable bonds is 10. The summed E-state index contributed by atoms with van der Waals surface area (Å²) >= 11 is 1.61. The second-order valence-corrected chi connectivity index (χ2v) is 7.73. The first-order valence-corrected chi connectivity index (χ1v) is 11.2. The fourth-order valence-corrected chi connectivity index (χ4v) is 3.53. The van der Waals surface area contributed by atoms with Gasteiger partial charge in [-0.25, -0.2) is 4.79 Å². The normalized spacial score (nSPS) is 11.6. The molecule has 1 amide bonds. The van der Waals surface area contributed by atoms with Crippen molar-refractivity contribution >= 4 is 34.4 Å². The van der Waals surface area contributed by atoms with E-state index in [4.69, 9.17) is 9.47 Å². The molecule has 3 rings (SSSR count). The van der Waals surface area contributed by atoms with Crippen molar-refractivity contribution in [1.82, 2.24) is 5.32 Å². The van der Waals surface area contributed by atoms with Gasteiger partial charge in [0.15, 0.2) is 6.61 Å². The molecule has 0 radical (unpaired) electrons. The van der Waals surface area contributed by atoms with E-state index >= 15 is 0 Å². The number of nitrogens with one attached hydrogen (secondary N) is 1. The SMILES string of the molecule is CSCC[C@H](NC(=O)COc1ccccc1)C(=O)OCc1cccc2ccccc12. The molecule has 0 aliphatic heterocycles. The van der Waals surface area contributed by atoms with Crippen LogP contribution < -0.4 is 10.1 Å². The zero-order valence-electron chi connectivity index (χ0n) is 16.9. The molecule has 0 unspecified atom stereocenters. The van der Waals surface area contributed by atoms with Crippen LogP contribution in [0, 0.1) is 0 Å². The Labute approximate surface area is 180 Å². The molecule has 0 aliphatic rings. The van der Waals surface area contributed by atoms with Crippen LogP contribution in [0.2, 0.25) is 0 Å². The van der Waals surface area contributed by atoms with E-state index in [1.54, 1.807) is 23.9 Å². The van der Waals surface area contributed by atoms with Crippen molar-refractivity contribution in [2.24, 2.45) is 0 Å². The minimum absolute atomic E-state index is 0.156. The number of esters is 1. The quantitative estimate of drug-likeness (QED) is 0.495. The second-order valence-electron chi connectivity index (χ2n) is 6.75. The van der Waals surface area contributed by atoms with Crippen LogP contribution in [0.3, 0.4) is 0 Å². The van der Waals surface area contributed by atoms with Crippen molar-refractivity contribution in [2.75, 3.05) is 18.6 Å². The highest BCUT2D eigenvalue weighted by Crippen LogP contribution is 2.19. The molecular weight excluding hydrogens is 398 g/mol. The highest BCUT2D eigenvalue weighted by Gasteiger charge is 2.22. The molecule has 156 valence electrons. The predicted octanol–water partition coefficient (Wildman–Crippen LogP) is 4.20. The molecule has 0 bridgehead atoms. The van der Waals surface area contributed by atoms with Gasteiger partial charge in [0.05, 0.1) is 0 Å². The number of ether oxygens (including phenoxy) is 2. The third-order valence-corrected chi connectivity index (χ3v) is 5.24. The van der Waals surface area contributed by atoms with Crippen LogP contribution in [0.5, 0.6) is 5.75 Å². The van der Waals surface area contributed by atoms with Crippen LogP contribution in [0.25, 0.3) is 10.8 Å². The first kappa shape index (κ1) is 21.7. The van der Waals surface area contributed by atoms with Crippen LogP contribution in [0.15, 0.2) is 72.8 Å². The van der Waals surface area contributed by atoms with E-state index in [0.29, 0.717) is 12.2 Å². The van der Waals surface area contributed by atoms with Crippen LogP contribution in [-0.4, -0.2) is 36.5 Å². The minimum atomic E-state index is -0.709. The lowest BCUT2D eigenvalue weighted by atomic mass is 10.1. The fraction of sp³-hybridized carbons (Fsp3) is 0.250. The Bertz CT molecular complexity index is 972. The van der Waals surface area contributed by atoms with Gasteiger partial charge in [0.1, 0.15) is 18.4 Å². The summed E-state index contributed by atoms with van der Waals surface area (Å²) in [5.74, 6) is 0.539. The standard InChI is InChI=1S/C24H25NO4S/c1-30-15-14-22(25-23(26)17-28-20-11-3-2-4-12-20)24(27)29-16-19-10-7-9-18-8-5-6-13-21(18)19/h2-13,22H,14-17H2,1H3,(H,25,26)/t22-/m0/s1. The van der Waals surface area contributed by atoms with Gasteiger partial charge in [-0.3, -0.25) is 4.79 Å². The Kier molecular flexibility index (Phi) is 8.15. The van der Waals surface area contributed by atoms with Crippen molar-refractivity contribution in [1.29, 1.82) is 0 Å². The Hall–Kier alpha value is -2.99. The number of hydrogen-bond donors (Lipinski definition) is 1. The number of carbonyl (C=O) groups excluding carboxylic acids is 2. The summed E-state index contributed by atoms with van der Waals surface area (Å²) in [5.41, 5.74) is 0.934. The van der Waals surface area contributed by atoms with Crippen LogP contribution in [0.4, 0.5) is 0 Å². The third kappa shape index (κ3) is 6.26. The second kappa shape index (κ2) is 11.3. The topological polar surface area (TPSA) is 64.6 Å². The van der Waals surface area contributed by atoms with Crippen molar-refractivity contribution < 1.29 is 19.1 Å². The molecule has 0 saturated heterocycles. The highest BCUT2D eigenvalue weighted by atomic mass is 32.2. The molecule has 0 aromatic heterocycles. The zero-order chi connectivity index (χ0) is 21.2. The molecule has 0 fully saturated rings. The molecule has 0 aliphatic carbocycles. The van der Waals surface area contributed by atoms with Crippen molar-refractivity contribution in [3.8, 4) is 5.75 Å². The van der Waals surface area contributed by atoms with Gasteiger partial charge in [-0.1, -0.05) is 60.7 Å². The molecule has 1 N–H and O–H groups in total. The lowest BCUT2D eigenvalue weighted by molar-refractivity contribution is -0.149. The van der Waals surface area contributed by atoms with Crippen LogP contribution in [0.1, 0.15) is 12.0 Å². The van der Waals surface area contributed by atoms with Gasteiger partial charge < -0.3 is 14.8 Å². The van der Waals surface area contributed by atoms with E-state index in [2.05, 4.69) is 5.32 Å². The lowest BCUT2D eigenvalue weighted by Crippen LogP contribution is -2.44. The van der Waals surface area contributed by atoms with E-state index in [9.17, 15) is 9.59 Å². The molecule has 30 heavy (non-hydrogen) atoms. The van der Waals surface area contributed by atoms with Gasteiger partial charge in [0.25, 0.3) is 5.91 Å². The smallest absolute Gasteiger partial charge is 0.329 e. The van der Waals surface area contributed by atoms with Gasteiger partial charge in [0.2, 0.25) is 0 Å². The first-order valence-electron chi connectivity index (χ1n) is 9.77. The first-order chi connectivity index (χ1) is 14.7. The van der Waals surface area contributed by atoms with E-state index in [-0.39, 0.29) is 19.1 Å². The molecule has 6 heteroatoms. The van der Waals surface area contributed by atoms with E-state index in [1.165, 1.54) is 0 Å². The number of hydrogen-bond acceptors (Lipinski definition) is 5. The summed E-state index contributed by atoms with van der Waals surface area (Å²) in [6, 6.07) is 22.3. The number of thioether (sulfide) groups is 1. The van der Waals surface area contributed by atoms with Crippen LogP contribution in [-0.2, 0) is 20.9 Å².